The molecule has 1 aromatic carbocycles. The summed E-state index contributed by atoms with van der Waals surface area (Å²) < 4.78 is 12.8. The molecule has 3 aliphatic rings. The van der Waals surface area contributed by atoms with Crippen LogP contribution in [0.25, 0.3) is 0 Å². The zero-order chi connectivity index (χ0) is 20.5. The maximum Gasteiger partial charge on any atom is 0.269 e. The molecule has 0 unspecified atom stereocenters. The number of ether oxygens (including phenoxy) is 2. The quantitative estimate of drug-likeness (QED) is 0.820. The van der Waals surface area contributed by atoms with Crippen LogP contribution in [0.3, 0.4) is 0 Å². The average Bonchev–Trinajstić information content (AvgIpc) is 3.24. The highest BCUT2D eigenvalue weighted by molar-refractivity contribution is 5.48. The molecule has 0 saturated carbocycles. The molecule has 1 atom stereocenters. The number of aliphatic hydroxyl groups excluding tert-OH is 1. The minimum absolute atomic E-state index is 0.0530. The van der Waals surface area contributed by atoms with Crippen LogP contribution in [-0.2, 0) is 6.54 Å². The lowest BCUT2D eigenvalue weighted by molar-refractivity contribution is 0.145. The van der Waals surface area contributed by atoms with Crippen molar-refractivity contribution in [2.45, 2.75) is 44.4 Å². The summed E-state index contributed by atoms with van der Waals surface area (Å²) in [7, 11) is 0. The maximum atomic E-state index is 12.8. The molecular weight excluding hydrogens is 384 g/mol. The Kier molecular flexibility index (Phi) is 5.35. The number of piperidine rings is 2. The number of rotatable bonds is 4. The molecule has 2 aromatic rings. The Morgan fingerprint density at radius 3 is 2.83 bits per heavy atom. The Bertz CT molecular complexity index is 954. The van der Waals surface area contributed by atoms with Crippen molar-refractivity contribution in [2.24, 2.45) is 0 Å². The van der Waals surface area contributed by atoms with Crippen molar-refractivity contribution < 1.29 is 14.6 Å². The Morgan fingerprint density at radius 2 is 2.00 bits per heavy atom. The van der Waals surface area contributed by atoms with Gasteiger partial charge in [-0.25, -0.2) is 4.68 Å². The van der Waals surface area contributed by atoms with Gasteiger partial charge in [0.25, 0.3) is 5.56 Å². The van der Waals surface area contributed by atoms with Crippen LogP contribution in [0.5, 0.6) is 11.5 Å². The zero-order valence-corrected chi connectivity index (χ0v) is 17.1. The van der Waals surface area contributed by atoms with Gasteiger partial charge >= 0.3 is 0 Å². The van der Waals surface area contributed by atoms with Crippen LogP contribution >= 0.6 is 0 Å². The third-order valence-electron chi connectivity index (χ3n) is 6.34. The summed E-state index contributed by atoms with van der Waals surface area (Å²) in [4.78, 5) is 17.3. The summed E-state index contributed by atoms with van der Waals surface area (Å²) in [6.07, 6.45) is 5.01. The number of hydrogen-bond donors (Lipinski definition) is 1. The Labute approximate surface area is 175 Å². The molecule has 1 N–H and O–H groups in total. The average molecular weight is 412 g/mol. The lowest BCUT2D eigenvalue weighted by Crippen LogP contribution is -2.41. The molecule has 8 nitrogen and oxygen atoms in total. The highest BCUT2D eigenvalue weighted by Gasteiger charge is 2.26. The normalized spacial score (nSPS) is 22.4. The van der Waals surface area contributed by atoms with Crippen LogP contribution < -0.4 is 19.9 Å². The van der Waals surface area contributed by atoms with Crippen molar-refractivity contribution in [3.05, 3.63) is 46.4 Å². The SMILES string of the molecule is O=c1cc(N2CCC(O)CC2)cnn1[C@H]1CCCN(Cc2cccc3c2OCO3)C1. The number of para-hydroxylation sites is 1. The highest BCUT2D eigenvalue weighted by Crippen LogP contribution is 2.36. The predicted molar refractivity (Wildman–Crippen MR) is 112 cm³/mol. The summed E-state index contributed by atoms with van der Waals surface area (Å²) in [5.41, 5.74) is 1.92. The van der Waals surface area contributed by atoms with Crippen LogP contribution in [-0.4, -0.2) is 58.9 Å². The molecule has 2 saturated heterocycles. The van der Waals surface area contributed by atoms with Gasteiger partial charge in [-0.3, -0.25) is 9.69 Å². The van der Waals surface area contributed by atoms with Gasteiger partial charge in [0, 0.05) is 37.8 Å². The molecule has 0 spiro atoms. The summed E-state index contributed by atoms with van der Waals surface area (Å²) in [5.74, 6) is 1.64. The second kappa shape index (κ2) is 8.28. The minimum Gasteiger partial charge on any atom is -0.454 e. The fourth-order valence-electron chi connectivity index (χ4n) is 4.71. The monoisotopic (exact) mass is 412 g/mol. The molecule has 5 rings (SSSR count). The summed E-state index contributed by atoms with van der Waals surface area (Å²) in [6, 6.07) is 7.76. The van der Waals surface area contributed by atoms with E-state index in [0.29, 0.717) is 0 Å². The van der Waals surface area contributed by atoms with E-state index in [0.717, 1.165) is 81.2 Å². The Morgan fingerprint density at radius 1 is 1.13 bits per heavy atom. The molecule has 0 radical (unpaired) electrons. The van der Waals surface area contributed by atoms with Crippen LogP contribution in [0.4, 0.5) is 5.69 Å². The first-order valence-electron chi connectivity index (χ1n) is 10.8. The second-order valence-electron chi connectivity index (χ2n) is 8.40. The van der Waals surface area contributed by atoms with Gasteiger partial charge in [-0.1, -0.05) is 12.1 Å². The van der Waals surface area contributed by atoms with Crippen molar-refractivity contribution >= 4 is 5.69 Å². The van der Waals surface area contributed by atoms with Gasteiger partial charge < -0.3 is 19.5 Å². The number of anilines is 1. The first kappa shape index (κ1) is 19.4. The van der Waals surface area contributed by atoms with Gasteiger partial charge in [0.05, 0.1) is 24.0 Å². The van der Waals surface area contributed by atoms with Gasteiger partial charge in [-0.2, -0.15) is 5.10 Å². The van der Waals surface area contributed by atoms with Crippen molar-refractivity contribution in [3.63, 3.8) is 0 Å². The molecule has 0 amide bonds. The number of benzene rings is 1. The van der Waals surface area contributed by atoms with E-state index in [1.165, 1.54) is 0 Å². The first-order chi connectivity index (χ1) is 14.7. The molecule has 4 heterocycles. The van der Waals surface area contributed by atoms with Crippen LogP contribution in [0.2, 0.25) is 0 Å². The van der Waals surface area contributed by atoms with E-state index >= 15 is 0 Å². The van der Waals surface area contributed by atoms with Crippen molar-refractivity contribution in [1.29, 1.82) is 0 Å². The molecule has 0 aliphatic carbocycles. The van der Waals surface area contributed by atoms with Gasteiger partial charge in [0.1, 0.15) is 0 Å². The fraction of sp³-hybridized carbons (Fsp3) is 0.545. The van der Waals surface area contributed by atoms with E-state index < -0.39 is 0 Å². The van der Waals surface area contributed by atoms with E-state index in [9.17, 15) is 9.90 Å². The zero-order valence-electron chi connectivity index (χ0n) is 17.1. The van der Waals surface area contributed by atoms with Crippen molar-refractivity contribution in [2.75, 3.05) is 37.9 Å². The number of likely N-dealkylation sites (tertiary alicyclic amines) is 1. The number of aromatic nitrogens is 2. The predicted octanol–water partition coefficient (Wildman–Crippen LogP) is 1.77. The van der Waals surface area contributed by atoms with Crippen molar-refractivity contribution in [1.82, 2.24) is 14.7 Å². The van der Waals surface area contributed by atoms with Crippen LogP contribution in [0, 0.1) is 0 Å². The Hall–Kier alpha value is -2.58. The topological polar surface area (TPSA) is 80.1 Å². The van der Waals surface area contributed by atoms with E-state index in [1.54, 1.807) is 16.9 Å². The van der Waals surface area contributed by atoms with Gasteiger partial charge in [0.15, 0.2) is 11.5 Å². The van der Waals surface area contributed by atoms with E-state index in [4.69, 9.17) is 9.47 Å². The highest BCUT2D eigenvalue weighted by atomic mass is 16.7. The Balaban J connectivity index is 1.28. The molecule has 160 valence electrons. The molecule has 0 bridgehead atoms. The van der Waals surface area contributed by atoms with Crippen LogP contribution in [0.15, 0.2) is 35.3 Å². The lowest BCUT2D eigenvalue weighted by atomic mass is 10.0. The van der Waals surface area contributed by atoms with E-state index in [1.807, 2.05) is 12.1 Å². The van der Waals surface area contributed by atoms with Gasteiger partial charge in [-0.15, -0.1) is 0 Å². The summed E-state index contributed by atoms with van der Waals surface area (Å²) in [6.45, 7) is 4.34. The van der Waals surface area contributed by atoms with E-state index in [-0.39, 0.29) is 24.5 Å². The molecule has 8 heteroatoms. The fourth-order valence-corrected chi connectivity index (χ4v) is 4.71. The number of fused-ring (bicyclic) bond motifs is 1. The van der Waals surface area contributed by atoms with Gasteiger partial charge in [0.2, 0.25) is 6.79 Å². The third-order valence-corrected chi connectivity index (χ3v) is 6.34. The smallest absolute Gasteiger partial charge is 0.269 e. The largest absolute Gasteiger partial charge is 0.454 e. The standard InChI is InChI=1S/C22H28N4O4/c27-19-6-9-25(10-7-19)18-11-21(28)26(23-12-18)17-4-2-8-24(14-17)13-16-3-1-5-20-22(16)30-15-29-20/h1,3,5,11-12,17,19,27H,2,4,6-10,13-15H2/t17-/m0/s1. The van der Waals surface area contributed by atoms with E-state index in [2.05, 4.69) is 21.0 Å². The molecule has 3 aliphatic heterocycles. The number of aliphatic hydroxyl groups is 1. The molecule has 1 aromatic heterocycles. The minimum atomic E-state index is -0.231. The van der Waals surface area contributed by atoms with Crippen LogP contribution in [0.1, 0.15) is 37.3 Å². The third kappa shape index (κ3) is 3.89. The number of hydrogen-bond acceptors (Lipinski definition) is 7. The summed E-state index contributed by atoms with van der Waals surface area (Å²) in [5, 5.41) is 14.2. The molecule has 2 fully saturated rings. The molecule has 30 heavy (non-hydrogen) atoms. The number of nitrogens with zero attached hydrogens (tertiary/aromatic N) is 4. The first-order valence-corrected chi connectivity index (χ1v) is 10.8. The second-order valence-corrected chi connectivity index (χ2v) is 8.40. The molecular formula is C22H28N4O4. The maximum absolute atomic E-state index is 12.8. The van der Waals surface area contributed by atoms with Crippen molar-refractivity contribution in [3.8, 4) is 11.5 Å². The van der Waals surface area contributed by atoms with Gasteiger partial charge in [-0.05, 0) is 38.3 Å². The summed E-state index contributed by atoms with van der Waals surface area (Å²) >= 11 is 0. The lowest BCUT2D eigenvalue weighted by Gasteiger charge is -2.34.